The lowest BCUT2D eigenvalue weighted by atomic mass is 10.1. The third-order valence-electron chi connectivity index (χ3n) is 3.39. The quantitative estimate of drug-likeness (QED) is 0.687. The van der Waals surface area contributed by atoms with Gasteiger partial charge in [0, 0.05) is 5.39 Å². The van der Waals surface area contributed by atoms with E-state index >= 15 is 0 Å². The van der Waals surface area contributed by atoms with E-state index in [0.29, 0.717) is 28.0 Å². The van der Waals surface area contributed by atoms with Gasteiger partial charge < -0.3 is 9.15 Å². The lowest BCUT2D eigenvalue weighted by Gasteiger charge is -2.03. The highest BCUT2D eigenvalue weighted by Crippen LogP contribution is 2.19. The van der Waals surface area contributed by atoms with E-state index in [1.165, 1.54) is 25.1 Å². The number of halogens is 1. The summed E-state index contributed by atoms with van der Waals surface area (Å²) in [5, 5.41) is 0.517. The number of benzene rings is 2. The van der Waals surface area contributed by atoms with E-state index in [9.17, 15) is 9.18 Å². The first-order valence-corrected chi connectivity index (χ1v) is 7.00. The summed E-state index contributed by atoms with van der Waals surface area (Å²) in [5.74, 6) is 0.121. The number of carbonyl (C=O) groups excluding carboxylic acids is 1. The van der Waals surface area contributed by atoms with Crippen molar-refractivity contribution >= 4 is 22.4 Å². The zero-order valence-electron chi connectivity index (χ0n) is 12.7. The third-order valence-corrected chi connectivity index (χ3v) is 3.39. The van der Waals surface area contributed by atoms with Gasteiger partial charge in [0.25, 0.3) is 0 Å². The molecular formula is C18H14FNO3. The fraction of sp³-hybridized carbons (Fsp3) is 0.111. The van der Waals surface area contributed by atoms with Crippen molar-refractivity contribution in [2.45, 2.75) is 6.92 Å². The van der Waals surface area contributed by atoms with Gasteiger partial charge in [0.2, 0.25) is 5.55 Å². The number of rotatable bonds is 3. The molecule has 4 nitrogen and oxygen atoms in total. The van der Waals surface area contributed by atoms with Gasteiger partial charge in [-0.25, -0.2) is 9.38 Å². The number of hydrogen-bond acceptors (Lipinski definition) is 4. The van der Waals surface area contributed by atoms with Crippen LogP contribution in [0.2, 0.25) is 0 Å². The van der Waals surface area contributed by atoms with Crippen molar-refractivity contribution in [3.8, 4) is 5.75 Å². The highest BCUT2D eigenvalue weighted by atomic mass is 19.1. The van der Waals surface area contributed by atoms with Crippen LogP contribution < -0.4 is 10.3 Å². The summed E-state index contributed by atoms with van der Waals surface area (Å²) in [6.07, 6.45) is 0. The van der Waals surface area contributed by atoms with E-state index in [0.717, 1.165) is 0 Å². The lowest BCUT2D eigenvalue weighted by Crippen LogP contribution is -2.13. The van der Waals surface area contributed by atoms with Gasteiger partial charge >= 0.3 is 0 Å². The van der Waals surface area contributed by atoms with Crippen molar-refractivity contribution in [2.24, 2.45) is 4.99 Å². The van der Waals surface area contributed by atoms with Crippen LogP contribution >= 0.6 is 0 Å². The first kappa shape index (κ1) is 15.0. The summed E-state index contributed by atoms with van der Waals surface area (Å²) >= 11 is 0. The Balaban J connectivity index is 2.21. The number of ether oxygens (including phenoxy) is 1. The van der Waals surface area contributed by atoms with Crippen LogP contribution in [0.5, 0.6) is 5.75 Å². The number of methoxy groups -OCH3 is 1. The summed E-state index contributed by atoms with van der Waals surface area (Å²) in [6.45, 7) is 1.42. The molecule has 23 heavy (non-hydrogen) atoms. The molecule has 3 rings (SSSR count). The number of carbonyl (C=O) groups is 1. The summed E-state index contributed by atoms with van der Waals surface area (Å²) in [5.41, 5.74) is 1.59. The van der Waals surface area contributed by atoms with E-state index in [1.807, 2.05) is 0 Å². The summed E-state index contributed by atoms with van der Waals surface area (Å²) in [6, 6.07) is 12.8. The molecule has 0 unspecified atom stereocenters. The summed E-state index contributed by atoms with van der Waals surface area (Å²) < 4.78 is 24.1. The van der Waals surface area contributed by atoms with E-state index in [1.54, 1.807) is 37.4 Å². The van der Waals surface area contributed by atoms with Crippen LogP contribution in [0, 0.1) is 5.82 Å². The maximum atomic E-state index is 13.3. The molecule has 0 radical (unpaired) electrons. The molecule has 0 aliphatic carbocycles. The van der Waals surface area contributed by atoms with Gasteiger partial charge in [-0.05, 0) is 55.5 Å². The predicted molar refractivity (Wildman–Crippen MR) is 84.4 cm³/mol. The smallest absolute Gasteiger partial charge is 0.230 e. The van der Waals surface area contributed by atoms with Crippen LogP contribution in [0.4, 0.5) is 10.1 Å². The number of ketones is 1. The number of nitrogens with zero attached hydrogens (tertiary/aromatic N) is 1. The largest absolute Gasteiger partial charge is 0.497 e. The summed E-state index contributed by atoms with van der Waals surface area (Å²) in [4.78, 5) is 16.2. The SMILES string of the molecule is COc1ccc(N=c2oc3ccc(F)cc3cc2C(C)=O)cc1. The molecule has 3 aromatic rings. The van der Waals surface area contributed by atoms with Gasteiger partial charge in [0.05, 0.1) is 18.4 Å². The van der Waals surface area contributed by atoms with Crippen LogP contribution in [0.1, 0.15) is 17.3 Å². The maximum Gasteiger partial charge on any atom is 0.230 e. The van der Waals surface area contributed by atoms with Crippen LogP contribution in [0.15, 0.2) is 57.9 Å². The van der Waals surface area contributed by atoms with Crippen molar-refractivity contribution in [3.63, 3.8) is 0 Å². The molecule has 5 heteroatoms. The maximum absolute atomic E-state index is 13.3. The second-order valence-electron chi connectivity index (χ2n) is 5.01. The molecule has 0 spiro atoms. The number of fused-ring (bicyclic) bond motifs is 1. The number of Topliss-reactive ketones (excluding diaryl/α,β-unsaturated/α-hetero) is 1. The topological polar surface area (TPSA) is 51.8 Å². The highest BCUT2D eigenvalue weighted by molar-refractivity contribution is 5.96. The van der Waals surface area contributed by atoms with Crippen LogP contribution in [-0.4, -0.2) is 12.9 Å². The van der Waals surface area contributed by atoms with Gasteiger partial charge in [0.1, 0.15) is 17.1 Å². The number of hydrogen-bond donors (Lipinski definition) is 0. The Kier molecular flexibility index (Phi) is 3.93. The predicted octanol–water partition coefficient (Wildman–Crippen LogP) is 4.02. The van der Waals surface area contributed by atoms with Crippen LogP contribution in [0.25, 0.3) is 11.0 Å². The average Bonchev–Trinajstić information content (AvgIpc) is 2.55. The van der Waals surface area contributed by atoms with Gasteiger partial charge in [-0.2, -0.15) is 0 Å². The van der Waals surface area contributed by atoms with Gasteiger partial charge in [-0.1, -0.05) is 0 Å². The Bertz CT molecular complexity index is 943. The zero-order valence-corrected chi connectivity index (χ0v) is 12.7. The fourth-order valence-electron chi connectivity index (χ4n) is 2.21. The van der Waals surface area contributed by atoms with Crippen molar-refractivity contribution < 1.29 is 18.3 Å². The molecule has 0 aliphatic rings. The minimum Gasteiger partial charge on any atom is -0.497 e. The van der Waals surface area contributed by atoms with Crippen LogP contribution in [0.3, 0.4) is 0 Å². The molecule has 0 bridgehead atoms. The monoisotopic (exact) mass is 311 g/mol. The molecule has 2 aromatic carbocycles. The molecule has 0 fully saturated rings. The molecular weight excluding hydrogens is 297 g/mol. The van der Waals surface area contributed by atoms with Crippen molar-refractivity contribution in [1.82, 2.24) is 0 Å². The van der Waals surface area contributed by atoms with Crippen molar-refractivity contribution in [2.75, 3.05) is 7.11 Å². The van der Waals surface area contributed by atoms with Crippen LogP contribution in [-0.2, 0) is 0 Å². The van der Waals surface area contributed by atoms with E-state index < -0.39 is 0 Å². The molecule has 0 N–H and O–H groups in total. The van der Waals surface area contributed by atoms with E-state index in [4.69, 9.17) is 9.15 Å². The second kappa shape index (κ2) is 6.04. The Labute approximate surface area is 131 Å². The molecule has 1 heterocycles. The van der Waals surface area contributed by atoms with Gasteiger partial charge in [0.15, 0.2) is 5.78 Å². The van der Waals surface area contributed by atoms with E-state index in [-0.39, 0.29) is 17.2 Å². The Hall–Kier alpha value is -2.95. The highest BCUT2D eigenvalue weighted by Gasteiger charge is 2.09. The Morgan fingerprint density at radius 2 is 1.87 bits per heavy atom. The van der Waals surface area contributed by atoms with Crippen molar-refractivity contribution in [3.05, 3.63) is 65.5 Å². The normalized spacial score (nSPS) is 11.7. The average molecular weight is 311 g/mol. The zero-order chi connectivity index (χ0) is 16.4. The summed E-state index contributed by atoms with van der Waals surface area (Å²) in [7, 11) is 1.58. The van der Waals surface area contributed by atoms with Gasteiger partial charge in [-0.15, -0.1) is 0 Å². The third kappa shape index (κ3) is 3.13. The minimum absolute atomic E-state index is 0.196. The Morgan fingerprint density at radius 1 is 1.13 bits per heavy atom. The lowest BCUT2D eigenvalue weighted by molar-refractivity contribution is 0.101. The standard InChI is InChI=1S/C18H14FNO3/c1-11(21)16-10-12-9-13(19)3-8-17(12)23-18(16)20-14-4-6-15(22-2)7-5-14/h3-10H,1-2H3. The first-order chi connectivity index (χ1) is 11.1. The first-order valence-electron chi connectivity index (χ1n) is 7.00. The molecule has 0 atom stereocenters. The van der Waals surface area contributed by atoms with Crippen molar-refractivity contribution in [1.29, 1.82) is 0 Å². The fourth-order valence-corrected chi connectivity index (χ4v) is 2.21. The molecule has 0 aliphatic heterocycles. The van der Waals surface area contributed by atoms with Gasteiger partial charge in [-0.3, -0.25) is 4.79 Å². The molecule has 0 saturated carbocycles. The minimum atomic E-state index is -0.387. The molecule has 116 valence electrons. The second-order valence-corrected chi connectivity index (χ2v) is 5.01. The molecule has 1 aromatic heterocycles. The van der Waals surface area contributed by atoms with E-state index in [2.05, 4.69) is 4.99 Å². The molecule has 0 saturated heterocycles. The Morgan fingerprint density at radius 3 is 2.52 bits per heavy atom. The molecule has 0 amide bonds.